The Kier molecular flexibility index (Phi) is 7.23. The third-order valence-corrected chi connectivity index (χ3v) is 2.10. The molecule has 0 aliphatic carbocycles. The zero-order chi connectivity index (χ0) is 12.8. The van der Waals surface area contributed by atoms with Gasteiger partial charge >= 0.3 is 6.61 Å². The number of alkyl halides is 2. The summed E-state index contributed by atoms with van der Waals surface area (Å²) in [6.07, 6.45) is 0.499. The fraction of sp³-hybridized carbons (Fsp3) is 0.364. The molecule has 1 amide bonds. The van der Waals surface area contributed by atoms with Crippen molar-refractivity contribution in [1.82, 2.24) is 0 Å². The summed E-state index contributed by atoms with van der Waals surface area (Å²) < 4.78 is 28.1. The summed E-state index contributed by atoms with van der Waals surface area (Å²) in [7, 11) is 0. The number of carbonyl (C=O) groups is 1. The van der Waals surface area contributed by atoms with Crippen LogP contribution >= 0.6 is 12.4 Å². The Hall–Kier alpha value is -1.40. The molecule has 102 valence electrons. The second-order valence-electron chi connectivity index (χ2n) is 3.41. The van der Waals surface area contributed by atoms with E-state index in [9.17, 15) is 13.6 Å². The summed E-state index contributed by atoms with van der Waals surface area (Å²) in [6, 6.07) is 5.15. The maximum Gasteiger partial charge on any atom is 0.387 e. The predicted molar refractivity (Wildman–Crippen MR) is 67.2 cm³/mol. The topological polar surface area (TPSA) is 64.4 Å². The highest BCUT2D eigenvalue weighted by Gasteiger charge is 2.11. The van der Waals surface area contributed by atoms with E-state index in [0.29, 0.717) is 12.1 Å². The van der Waals surface area contributed by atoms with Crippen LogP contribution in [-0.4, -0.2) is 18.6 Å². The quantitative estimate of drug-likeness (QED) is 0.870. The van der Waals surface area contributed by atoms with Crippen LogP contribution in [0.1, 0.15) is 13.3 Å². The number of benzene rings is 1. The van der Waals surface area contributed by atoms with Crippen molar-refractivity contribution >= 4 is 24.0 Å². The molecule has 1 rings (SSSR count). The van der Waals surface area contributed by atoms with Crippen LogP contribution in [0.4, 0.5) is 14.5 Å². The molecule has 4 nitrogen and oxygen atoms in total. The number of amides is 1. The number of rotatable bonds is 5. The zero-order valence-electron chi connectivity index (χ0n) is 9.73. The molecule has 0 aliphatic rings. The third kappa shape index (κ3) is 5.29. The third-order valence-electron chi connectivity index (χ3n) is 2.10. The van der Waals surface area contributed by atoms with Crippen LogP contribution in [0.5, 0.6) is 5.75 Å². The molecule has 0 saturated heterocycles. The summed E-state index contributed by atoms with van der Waals surface area (Å²) >= 11 is 0. The van der Waals surface area contributed by atoms with Crippen LogP contribution < -0.4 is 15.8 Å². The van der Waals surface area contributed by atoms with Gasteiger partial charge in [0.15, 0.2) is 0 Å². The van der Waals surface area contributed by atoms with Crippen LogP contribution in [0.15, 0.2) is 24.3 Å². The van der Waals surface area contributed by atoms with Crippen LogP contribution in [-0.2, 0) is 4.79 Å². The van der Waals surface area contributed by atoms with Crippen molar-refractivity contribution in [2.75, 3.05) is 5.32 Å². The molecule has 0 bridgehead atoms. The number of halogens is 3. The number of nitrogens with one attached hydrogen (secondary N) is 1. The number of nitrogens with two attached hydrogens (primary N) is 1. The smallest absolute Gasteiger partial charge is 0.387 e. The second-order valence-corrected chi connectivity index (χ2v) is 3.41. The first-order chi connectivity index (χ1) is 8.02. The first-order valence-electron chi connectivity index (χ1n) is 5.14. The fourth-order valence-corrected chi connectivity index (χ4v) is 1.17. The molecule has 7 heteroatoms. The first-order valence-corrected chi connectivity index (χ1v) is 5.14. The number of anilines is 1. The molecule has 1 aromatic carbocycles. The Morgan fingerprint density at radius 2 is 2.17 bits per heavy atom. The average molecular weight is 281 g/mol. The zero-order valence-corrected chi connectivity index (χ0v) is 10.5. The minimum absolute atomic E-state index is 0. The molecule has 18 heavy (non-hydrogen) atoms. The molecule has 0 spiro atoms. The van der Waals surface area contributed by atoms with Gasteiger partial charge in [0.25, 0.3) is 0 Å². The number of hydrogen-bond donors (Lipinski definition) is 2. The molecule has 1 atom stereocenters. The van der Waals surface area contributed by atoms with Gasteiger partial charge in [-0.25, -0.2) is 0 Å². The van der Waals surface area contributed by atoms with Gasteiger partial charge in [-0.3, -0.25) is 4.79 Å². The van der Waals surface area contributed by atoms with E-state index in [0.717, 1.165) is 0 Å². The van der Waals surface area contributed by atoms with Gasteiger partial charge in [-0.15, -0.1) is 12.4 Å². The lowest BCUT2D eigenvalue weighted by Crippen LogP contribution is -2.34. The van der Waals surface area contributed by atoms with Crippen LogP contribution in [0.3, 0.4) is 0 Å². The highest BCUT2D eigenvalue weighted by molar-refractivity contribution is 5.94. The Bertz CT molecular complexity index is 391. The van der Waals surface area contributed by atoms with Gasteiger partial charge in [0.05, 0.1) is 6.04 Å². The molecule has 0 aromatic heterocycles. The molecule has 0 radical (unpaired) electrons. The molecule has 0 heterocycles. The lowest BCUT2D eigenvalue weighted by atomic mass is 10.2. The highest BCUT2D eigenvalue weighted by atomic mass is 35.5. The first kappa shape index (κ1) is 16.6. The lowest BCUT2D eigenvalue weighted by molar-refractivity contribution is -0.117. The molecule has 0 fully saturated rings. The summed E-state index contributed by atoms with van der Waals surface area (Å²) in [4.78, 5) is 11.5. The number of hydrogen-bond acceptors (Lipinski definition) is 3. The van der Waals surface area contributed by atoms with E-state index in [1.807, 2.05) is 0 Å². The van der Waals surface area contributed by atoms with Crippen molar-refractivity contribution in [2.45, 2.75) is 26.0 Å². The number of ether oxygens (including phenoxy) is 1. The molecule has 1 aromatic rings. The van der Waals surface area contributed by atoms with Crippen molar-refractivity contribution < 1.29 is 18.3 Å². The van der Waals surface area contributed by atoms with Gasteiger partial charge in [-0.05, 0) is 18.6 Å². The van der Waals surface area contributed by atoms with Crippen LogP contribution in [0, 0.1) is 0 Å². The van der Waals surface area contributed by atoms with Gasteiger partial charge in [-0.2, -0.15) is 8.78 Å². The van der Waals surface area contributed by atoms with Gasteiger partial charge in [0.1, 0.15) is 5.75 Å². The Morgan fingerprint density at radius 1 is 1.50 bits per heavy atom. The molecule has 0 unspecified atom stereocenters. The van der Waals surface area contributed by atoms with Gasteiger partial charge < -0.3 is 15.8 Å². The summed E-state index contributed by atoms with van der Waals surface area (Å²) in [5.74, 6) is -0.371. The Balaban J connectivity index is 0.00000289. The fourth-order valence-electron chi connectivity index (χ4n) is 1.17. The standard InChI is InChI=1S/C11H14F2N2O2.ClH/c1-2-9(14)10(16)15-7-4-3-5-8(6-7)17-11(12)13;/h3-6,9,11H,2,14H2,1H3,(H,15,16);1H/t9-;/m0./s1. The maximum absolute atomic E-state index is 12.0. The van der Waals surface area contributed by atoms with E-state index in [-0.39, 0.29) is 24.1 Å². The van der Waals surface area contributed by atoms with E-state index >= 15 is 0 Å². The monoisotopic (exact) mass is 280 g/mol. The average Bonchev–Trinajstić information content (AvgIpc) is 2.27. The van der Waals surface area contributed by atoms with Crippen molar-refractivity contribution in [2.24, 2.45) is 5.73 Å². The molecule has 0 aliphatic heterocycles. The van der Waals surface area contributed by atoms with E-state index in [1.165, 1.54) is 18.2 Å². The van der Waals surface area contributed by atoms with Gasteiger partial charge in [0.2, 0.25) is 5.91 Å². The van der Waals surface area contributed by atoms with Crippen molar-refractivity contribution in [3.05, 3.63) is 24.3 Å². The largest absolute Gasteiger partial charge is 0.435 e. The van der Waals surface area contributed by atoms with E-state index in [4.69, 9.17) is 5.73 Å². The van der Waals surface area contributed by atoms with Gasteiger partial charge in [0, 0.05) is 11.8 Å². The van der Waals surface area contributed by atoms with Crippen molar-refractivity contribution in [3.63, 3.8) is 0 Å². The molecular weight excluding hydrogens is 266 g/mol. The minimum Gasteiger partial charge on any atom is -0.435 e. The predicted octanol–water partition coefficient (Wildman–Crippen LogP) is 2.39. The van der Waals surface area contributed by atoms with Crippen molar-refractivity contribution in [3.8, 4) is 5.75 Å². The summed E-state index contributed by atoms with van der Waals surface area (Å²) in [5.41, 5.74) is 5.89. The second kappa shape index (κ2) is 7.84. The summed E-state index contributed by atoms with van der Waals surface area (Å²) in [5, 5.41) is 2.52. The van der Waals surface area contributed by atoms with E-state index < -0.39 is 12.7 Å². The highest BCUT2D eigenvalue weighted by Crippen LogP contribution is 2.19. The van der Waals surface area contributed by atoms with Crippen LogP contribution in [0.2, 0.25) is 0 Å². The SMILES string of the molecule is CC[C@H](N)C(=O)Nc1cccc(OC(F)F)c1.Cl. The molecular formula is C11H15ClF2N2O2. The molecule has 0 saturated carbocycles. The van der Waals surface area contributed by atoms with Gasteiger partial charge in [-0.1, -0.05) is 13.0 Å². The van der Waals surface area contributed by atoms with E-state index in [1.54, 1.807) is 13.0 Å². The number of carbonyl (C=O) groups excluding carboxylic acids is 1. The lowest BCUT2D eigenvalue weighted by Gasteiger charge is -2.11. The summed E-state index contributed by atoms with van der Waals surface area (Å²) in [6.45, 7) is -1.11. The van der Waals surface area contributed by atoms with Crippen LogP contribution in [0.25, 0.3) is 0 Å². The van der Waals surface area contributed by atoms with Crippen molar-refractivity contribution in [1.29, 1.82) is 0 Å². The maximum atomic E-state index is 12.0. The molecule has 3 N–H and O–H groups in total. The van der Waals surface area contributed by atoms with E-state index in [2.05, 4.69) is 10.1 Å². The minimum atomic E-state index is -2.89. The Labute approximate surface area is 110 Å². The normalized spacial score (nSPS) is 11.6. The Morgan fingerprint density at radius 3 is 2.72 bits per heavy atom.